The van der Waals surface area contributed by atoms with Gasteiger partial charge in [0, 0.05) is 16.5 Å². The first-order valence-corrected chi connectivity index (χ1v) is 6.63. The molecule has 2 aromatic rings. The van der Waals surface area contributed by atoms with Crippen molar-refractivity contribution in [3.05, 3.63) is 68.2 Å². The van der Waals surface area contributed by atoms with E-state index in [2.05, 4.69) is 0 Å². The number of hydrogen-bond acceptors (Lipinski definition) is 1. The van der Waals surface area contributed by atoms with Crippen molar-refractivity contribution >= 4 is 40.6 Å². The summed E-state index contributed by atoms with van der Waals surface area (Å²) < 4.78 is 26.9. The summed E-state index contributed by atoms with van der Waals surface area (Å²) in [6, 6.07) is 6.16. The number of hydrogen-bond donors (Lipinski definition) is 0. The van der Waals surface area contributed by atoms with Gasteiger partial charge in [-0.15, -0.1) is 0 Å². The highest BCUT2D eigenvalue weighted by atomic mass is 35.5. The molecule has 2 rings (SSSR count). The molecular formula is C14H7Cl3F2O. The van der Waals surface area contributed by atoms with Gasteiger partial charge < -0.3 is 0 Å². The highest BCUT2D eigenvalue weighted by molar-refractivity contribution is 6.35. The second-order valence-electron chi connectivity index (χ2n) is 4.08. The van der Waals surface area contributed by atoms with Gasteiger partial charge in [0.05, 0.1) is 10.6 Å². The van der Waals surface area contributed by atoms with Crippen LogP contribution in [0.3, 0.4) is 0 Å². The minimum Gasteiger partial charge on any atom is -0.294 e. The van der Waals surface area contributed by atoms with E-state index in [9.17, 15) is 13.6 Å². The van der Waals surface area contributed by atoms with E-state index in [1.165, 1.54) is 6.07 Å². The lowest BCUT2D eigenvalue weighted by Gasteiger charge is -2.06. The lowest BCUT2D eigenvalue weighted by atomic mass is 10.0. The quantitative estimate of drug-likeness (QED) is 0.546. The second-order valence-corrected chi connectivity index (χ2v) is 5.33. The molecule has 0 aliphatic carbocycles. The number of benzene rings is 2. The average molecular weight is 336 g/mol. The summed E-state index contributed by atoms with van der Waals surface area (Å²) in [5.41, 5.74) is 0.119. The zero-order valence-electron chi connectivity index (χ0n) is 9.89. The molecular weight excluding hydrogens is 329 g/mol. The van der Waals surface area contributed by atoms with Gasteiger partial charge in [-0.1, -0.05) is 40.9 Å². The Morgan fingerprint density at radius 2 is 1.65 bits per heavy atom. The molecule has 2 aromatic carbocycles. The Bertz CT molecular complexity index is 686. The molecule has 0 saturated carbocycles. The second kappa shape index (κ2) is 6.08. The summed E-state index contributed by atoms with van der Waals surface area (Å²) in [5.74, 6) is -2.31. The van der Waals surface area contributed by atoms with Crippen molar-refractivity contribution < 1.29 is 13.6 Å². The third kappa shape index (κ3) is 3.29. The molecule has 0 radical (unpaired) electrons. The van der Waals surface area contributed by atoms with Crippen molar-refractivity contribution in [2.75, 3.05) is 0 Å². The number of rotatable bonds is 3. The van der Waals surface area contributed by atoms with Gasteiger partial charge in [0.1, 0.15) is 11.6 Å². The molecule has 1 nitrogen and oxygen atoms in total. The zero-order valence-corrected chi connectivity index (χ0v) is 12.2. The van der Waals surface area contributed by atoms with Crippen molar-refractivity contribution in [2.45, 2.75) is 6.42 Å². The Kier molecular flexibility index (Phi) is 4.63. The number of ketones is 1. The molecule has 0 unspecified atom stereocenters. The molecule has 0 heterocycles. The maximum atomic E-state index is 13.6. The van der Waals surface area contributed by atoms with Crippen LogP contribution in [0, 0.1) is 11.6 Å². The van der Waals surface area contributed by atoms with Gasteiger partial charge in [-0.05, 0) is 29.8 Å². The van der Waals surface area contributed by atoms with Crippen LogP contribution in [0.4, 0.5) is 8.78 Å². The normalized spacial score (nSPS) is 10.7. The minimum atomic E-state index is -0.869. The van der Waals surface area contributed by atoms with E-state index in [-0.39, 0.29) is 17.0 Å². The number of Topliss-reactive ketones (excluding diaryl/α,β-unsaturated/α-hetero) is 1. The van der Waals surface area contributed by atoms with Crippen LogP contribution in [-0.4, -0.2) is 5.78 Å². The molecule has 0 spiro atoms. The van der Waals surface area contributed by atoms with Crippen LogP contribution in [0.15, 0.2) is 30.3 Å². The number of halogens is 5. The Labute approximate surface area is 129 Å². The van der Waals surface area contributed by atoms with Gasteiger partial charge in [-0.25, -0.2) is 8.78 Å². The average Bonchev–Trinajstić information content (AvgIpc) is 2.37. The summed E-state index contributed by atoms with van der Waals surface area (Å²) in [5, 5.41) is 0.346. The van der Waals surface area contributed by atoms with Crippen LogP contribution in [0.25, 0.3) is 0 Å². The van der Waals surface area contributed by atoms with Crippen LogP contribution in [0.5, 0.6) is 0 Å². The number of carbonyl (C=O) groups excluding carboxylic acids is 1. The van der Waals surface area contributed by atoms with Gasteiger partial charge in [-0.2, -0.15) is 0 Å². The van der Waals surface area contributed by atoms with E-state index < -0.39 is 17.4 Å². The molecule has 6 heteroatoms. The first-order chi connectivity index (χ1) is 9.38. The third-order valence-corrected chi connectivity index (χ3v) is 3.55. The molecule has 0 aliphatic rings. The molecule has 0 aromatic heterocycles. The van der Waals surface area contributed by atoms with Gasteiger partial charge >= 0.3 is 0 Å². The monoisotopic (exact) mass is 334 g/mol. The van der Waals surface area contributed by atoms with Gasteiger partial charge in [-0.3, -0.25) is 4.79 Å². The zero-order chi connectivity index (χ0) is 14.9. The maximum Gasteiger partial charge on any atom is 0.170 e. The fraction of sp³-hybridized carbons (Fsp3) is 0.0714. The molecule has 0 amide bonds. The van der Waals surface area contributed by atoms with E-state index in [0.29, 0.717) is 15.6 Å². The van der Waals surface area contributed by atoms with Gasteiger partial charge in [0.2, 0.25) is 0 Å². The van der Waals surface area contributed by atoms with E-state index in [1.54, 1.807) is 12.1 Å². The molecule has 20 heavy (non-hydrogen) atoms. The summed E-state index contributed by atoms with van der Waals surface area (Å²) >= 11 is 17.1. The maximum absolute atomic E-state index is 13.6. The molecule has 0 aliphatic heterocycles. The molecule has 0 N–H and O–H groups in total. The fourth-order valence-corrected chi connectivity index (χ4v) is 2.30. The standard InChI is InChI=1S/C14H7Cl3F2O/c15-8-2-1-7(10(16)4-8)3-14(20)9-5-13(19)11(17)6-12(9)18/h1-2,4-6H,3H2. The van der Waals surface area contributed by atoms with Crippen molar-refractivity contribution in [2.24, 2.45) is 0 Å². The first kappa shape index (κ1) is 15.2. The topological polar surface area (TPSA) is 17.1 Å². The van der Waals surface area contributed by atoms with Crippen LogP contribution >= 0.6 is 34.8 Å². The lowest BCUT2D eigenvalue weighted by Crippen LogP contribution is -2.07. The van der Waals surface area contributed by atoms with E-state index in [0.717, 1.165) is 12.1 Å². The van der Waals surface area contributed by atoms with E-state index in [1.807, 2.05) is 0 Å². The highest BCUT2D eigenvalue weighted by Crippen LogP contribution is 2.24. The Balaban J connectivity index is 2.31. The summed E-state index contributed by atoms with van der Waals surface area (Å²) in [4.78, 5) is 12.0. The Morgan fingerprint density at radius 1 is 0.950 bits per heavy atom. The lowest BCUT2D eigenvalue weighted by molar-refractivity contribution is 0.0988. The fourth-order valence-electron chi connectivity index (χ4n) is 1.67. The molecule has 0 fully saturated rings. The van der Waals surface area contributed by atoms with Crippen molar-refractivity contribution in [1.82, 2.24) is 0 Å². The highest BCUT2D eigenvalue weighted by Gasteiger charge is 2.17. The van der Waals surface area contributed by atoms with Gasteiger partial charge in [0.15, 0.2) is 5.78 Å². The largest absolute Gasteiger partial charge is 0.294 e. The Hall–Kier alpha value is -1.16. The van der Waals surface area contributed by atoms with Crippen LogP contribution < -0.4 is 0 Å². The van der Waals surface area contributed by atoms with Crippen LogP contribution in [-0.2, 0) is 6.42 Å². The van der Waals surface area contributed by atoms with Crippen LogP contribution in [0.2, 0.25) is 15.1 Å². The van der Waals surface area contributed by atoms with Crippen molar-refractivity contribution in [1.29, 1.82) is 0 Å². The van der Waals surface area contributed by atoms with Crippen molar-refractivity contribution in [3.8, 4) is 0 Å². The van der Waals surface area contributed by atoms with Crippen LogP contribution in [0.1, 0.15) is 15.9 Å². The SMILES string of the molecule is O=C(Cc1ccc(Cl)cc1Cl)c1cc(F)c(Cl)cc1F. The minimum absolute atomic E-state index is 0.159. The molecule has 0 saturated heterocycles. The predicted octanol–water partition coefficient (Wildman–Crippen LogP) is 5.35. The first-order valence-electron chi connectivity index (χ1n) is 5.50. The van der Waals surface area contributed by atoms with Gasteiger partial charge in [0.25, 0.3) is 0 Å². The number of carbonyl (C=O) groups is 1. The third-order valence-electron chi connectivity index (χ3n) is 2.68. The predicted molar refractivity (Wildman–Crippen MR) is 75.9 cm³/mol. The summed E-state index contributed by atoms with van der Waals surface area (Å²) in [6.07, 6.45) is -0.159. The van der Waals surface area contributed by atoms with E-state index >= 15 is 0 Å². The summed E-state index contributed by atoms with van der Waals surface area (Å²) in [6.45, 7) is 0. The van der Waals surface area contributed by atoms with Crippen molar-refractivity contribution in [3.63, 3.8) is 0 Å². The molecule has 0 bridgehead atoms. The molecule has 104 valence electrons. The molecule has 0 atom stereocenters. The Morgan fingerprint density at radius 3 is 2.30 bits per heavy atom. The smallest absolute Gasteiger partial charge is 0.170 e. The van der Waals surface area contributed by atoms with E-state index in [4.69, 9.17) is 34.8 Å². The summed E-state index contributed by atoms with van der Waals surface area (Å²) in [7, 11) is 0.